The zero-order chi connectivity index (χ0) is 18.1. The van der Waals surface area contributed by atoms with Crippen molar-refractivity contribution < 1.29 is 14.4 Å². The summed E-state index contributed by atoms with van der Waals surface area (Å²) in [4.78, 5) is 33.2. The zero-order valence-electron chi connectivity index (χ0n) is 13.5. The van der Waals surface area contributed by atoms with Gasteiger partial charge in [-0.05, 0) is 30.3 Å². The minimum atomic E-state index is -0.363. The number of carbonyl (C=O) groups excluding carboxylic acids is 2. The molecule has 0 unspecified atom stereocenters. The van der Waals surface area contributed by atoms with Crippen LogP contribution in [0.15, 0.2) is 42.5 Å². The van der Waals surface area contributed by atoms with Crippen LogP contribution in [-0.4, -0.2) is 23.8 Å². The minimum Gasteiger partial charge on any atom is -0.350 e. The van der Waals surface area contributed by atoms with E-state index in [0.29, 0.717) is 32.2 Å². The van der Waals surface area contributed by atoms with Crippen molar-refractivity contribution in [2.75, 3.05) is 12.2 Å². The van der Waals surface area contributed by atoms with Crippen molar-refractivity contribution in [2.24, 2.45) is 0 Å². The SMILES string of the molecule is CON(C(C)=O)c1c(C(=O)c2cccc(Cl)c2)[nH]c2cc(Cl)ccc12. The Morgan fingerprint density at radius 1 is 1.08 bits per heavy atom. The Bertz CT molecular complexity index is 982. The summed E-state index contributed by atoms with van der Waals surface area (Å²) in [5.74, 6) is -0.674. The van der Waals surface area contributed by atoms with Crippen molar-refractivity contribution in [2.45, 2.75) is 6.92 Å². The molecule has 0 bridgehead atoms. The Kier molecular flexibility index (Phi) is 4.81. The maximum absolute atomic E-state index is 13.0. The number of aromatic nitrogens is 1. The van der Waals surface area contributed by atoms with Crippen LogP contribution in [0.25, 0.3) is 10.9 Å². The molecule has 1 aromatic heterocycles. The molecule has 5 nitrogen and oxygen atoms in total. The van der Waals surface area contributed by atoms with Gasteiger partial charge in [-0.25, -0.2) is 0 Å². The van der Waals surface area contributed by atoms with Crippen LogP contribution in [0.3, 0.4) is 0 Å². The average Bonchev–Trinajstić information content (AvgIpc) is 2.93. The number of H-pyrrole nitrogens is 1. The van der Waals surface area contributed by atoms with E-state index in [9.17, 15) is 9.59 Å². The number of hydroxylamine groups is 1. The monoisotopic (exact) mass is 376 g/mol. The normalized spacial score (nSPS) is 10.9. The first kappa shape index (κ1) is 17.5. The van der Waals surface area contributed by atoms with Gasteiger partial charge in [-0.3, -0.25) is 14.4 Å². The molecule has 0 saturated carbocycles. The maximum Gasteiger partial charge on any atom is 0.247 e. The van der Waals surface area contributed by atoms with E-state index in [1.54, 1.807) is 42.5 Å². The second kappa shape index (κ2) is 6.88. The maximum atomic E-state index is 13.0. The van der Waals surface area contributed by atoms with Crippen LogP contribution in [-0.2, 0) is 9.63 Å². The number of anilines is 1. The van der Waals surface area contributed by atoms with Crippen LogP contribution in [0.4, 0.5) is 5.69 Å². The van der Waals surface area contributed by atoms with Crippen molar-refractivity contribution >= 4 is 51.5 Å². The van der Waals surface area contributed by atoms with Gasteiger partial charge in [0, 0.05) is 33.4 Å². The van der Waals surface area contributed by atoms with E-state index >= 15 is 0 Å². The molecule has 1 heterocycles. The molecule has 25 heavy (non-hydrogen) atoms. The third kappa shape index (κ3) is 3.26. The van der Waals surface area contributed by atoms with Crippen molar-refractivity contribution in [3.05, 3.63) is 63.8 Å². The van der Waals surface area contributed by atoms with Crippen molar-refractivity contribution in [1.29, 1.82) is 0 Å². The summed E-state index contributed by atoms with van der Waals surface area (Å²) in [6.07, 6.45) is 0. The number of hydrogen-bond donors (Lipinski definition) is 1. The summed E-state index contributed by atoms with van der Waals surface area (Å²) in [6.45, 7) is 1.35. The van der Waals surface area contributed by atoms with Crippen LogP contribution in [0.5, 0.6) is 0 Å². The number of carbonyl (C=O) groups is 2. The lowest BCUT2D eigenvalue weighted by molar-refractivity contribution is -0.122. The Morgan fingerprint density at radius 2 is 1.80 bits per heavy atom. The van der Waals surface area contributed by atoms with Crippen LogP contribution in [0.2, 0.25) is 10.0 Å². The first-order valence-electron chi connectivity index (χ1n) is 7.38. The Hall–Kier alpha value is -2.34. The number of nitrogens with zero attached hydrogens (tertiary/aromatic N) is 1. The molecule has 1 amide bonds. The predicted octanol–water partition coefficient (Wildman–Crippen LogP) is 4.62. The molecule has 0 radical (unpaired) electrons. The zero-order valence-corrected chi connectivity index (χ0v) is 15.0. The largest absolute Gasteiger partial charge is 0.350 e. The molecule has 0 atom stereocenters. The van der Waals surface area contributed by atoms with Gasteiger partial charge in [0.15, 0.2) is 0 Å². The fraction of sp³-hybridized carbons (Fsp3) is 0.111. The van der Waals surface area contributed by atoms with Crippen LogP contribution in [0, 0.1) is 0 Å². The third-order valence-electron chi connectivity index (χ3n) is 3.72. The molecule has 3 aromatic rings. The lowest BCUT2D eigenvalue weighted by atomic mass is 10.1. The fourth-order valence-electron chi connectivity index (χ4n) is 2.68. The molecule has 2 aromatic carbocycles. The van der Waals surface area contributed by atoms with Gasteiger partial charge in [0.2, 0.25) is 11.7 Å². The highest BCUT2D eigenvalue weighted by atomic mass is 35.5. The quantitative estimate of drug-likeness (QED) is 0.533. The van der Waals surface area contributed by atoms with E-state index < -0.39 is 0 Å². The molecule has 0 aliphatic heterocycles. The van der Waals surface area contributed by atoms with Crippen molar-refractivity contribution in [3.8, 4) is 0 Å². The number of amides is 1. The highest BCUT2D eigenvalue weighted by Crippen LogP contribution is 2.34. The van der Waals surface area contributed by atoms with E-state index in [0.717, 1.165) is 5.06 Å². The first-order valence-corrected chi connectivity index (χ1v) is 8.14. The number of nitrogens with one attached hydrogen (secondary N) is 1. The average molecular weight is 377 g/mol. The van der Waals surface area contributed by atoms with Crippen LogP contribution < -0.4 is 5.06 Å². The molecule has 3 rings (SSSR count). The number of halogens is 2. The van der Waals surface area contributed by atoms with Gasteiger partial charge < -0.3 is 4.98 Å². The number of rotatable bonds is 4. The van der Waals surface area contributed by atoms with Gasteiger partial charge in [-0.2, -0.15) is 5.06 Å². The Balaban J connectivity index is 2.26. The highest BCUT2D eigenvalue weighted by Gasteiger charge is 2.26. The second-order valence-electron chi connectivity index (χ2n) is 5.37. The molecule has 128 valence electrons. The number of fused-ring (bicyclic) bond motifs is 1. The lowest BCUT2D eigenvalue weighted by Gasteiger charge is -2.18. The van der Waals surface area contributed by atoms with E-state index in [4.69, 9.17) is 28.0 Å². The standard InChI is InChI=1S/C18H14Cl2N2O3/c1-10(23)22(25-2)17-14-7-6-13(20)9-15(14)21-16(17)18(24)11-4-3-5-12(19)8-11/h3-9,21H,1-2H3. The topological polar surface area (TPSA) is 62.4 Å². The van der Waals surface area contributed by atoms with Gasteiger partial charge in [-0.15, -0.1) is 0 Å². The Morgan fingerprint density at radius 3 is 2.44 bits per heavy atom. The second-order valence-corrected chi connectivity index (χ2v) is 6.25. The van der Waals surface area contributed by atoms with E-state index in [1.165, 1.54) is 14.0 Å². The molecule has 7 heteroatoms. The molecule has 0 saturated heterocycles. The smallest absolute Gasteiger partial charge is 0.247 e. The molecular formula is C18H14Cl2N2O3. The molecule has 0 fully saturated rings. The van der Waals surface area contributed by atoms with Gasteiger partial charge >= 0.3 is 0 Å². The number of aromatic amines is 1. The van der Waals surface area contributed by atoms with E-state index in [-0.39, 0.29) is 17.4 Å². The molecule has 0 aliphatic carbocycles. The van der Waals surface area contributed by atoms with Crippen LogP contribution >= 0.6 is 23.2 Å². The van der Waals surface area contributed by atoms with Gasteiger partial charge in [0.05, 0.1) is 7.11 Å². The summed E-state index contributed by atoms with van der Waals surface area (Å²) >= 11 is 12.0. The molecule has 0 aliphatic rings. The van der Waals surface area contributed by atoms with Gasteiger partial charge in [0.25, 0.3) is 0 Å². The van der Waals surface area contributed by atoms with Gasteiger partial charge in [0.1, 0.15) is 11.4 Å². The van der Waals surface area contributed by atoms with Gasteiger partial charge in [-0.1, -0.05) is 35.3 Å². The number of benzene rings is 2. The summed E-state index contributed by atoms with van der Waals surface area (Å²) in [6, 6.07) is 11.7. The summed E-state index contributed by atoms with van der Waals surface area (Å²) in [5.41, 5.74) is 1.57. The number of ketones is 1. The van der Waals surface area contributed by atoms with Crippen molar-refractivity contribution in [1.82, 2.24) is 4.98 Å². The lowest BCUT2D eigenvalue weighted by Crippen LogP contribution is -2.28. The molecular weight excluding hydrogens is 363 g/mol. The minimum absolute atomic E-state index is 0.219. The van der Waals surface area contributed by atoms with Crippen molar-refractivity contribution in [3.63, 3.8) is 0 Å². The third-order valence-corrected chi connectivity index (χ3v) is 4.19. The summed E-state index contributed by atoms with van der Waals surface area (Å²) < 4.78 is 0. The summed E-state index contributed by atoms with van der Waals surface area (Å²) in [5, 5.41) is 2.67. The predicted molar refractivity (Wildman–Crippen MR) is 98.4 cm³/mol. The molecule has 0 spiro atoms. The van der Waals surface area contributed by atoms with Crippen LogP contribution in [0.1, 0.15) is 23.0 Å². The fourth-order valence-corrected chi connectivity index (χ4v) is 3.04. The first-order chi connectivity index (χ1) is 11.9. The Labute approximate surface area is 154 Å². The van der Waals surface area contributed by atoms with E-state index in [2.05, 4.69) is 4.98 Å². The number of hydrogen-bond acceptors (Lipinski definition) is 3. The summed E-state index contributed by atoms with van der Waals surface area (Å²) in [7, 11) is 1.36. The van der Waals surface area contributed by atoms with E-state index in [1.807, 2.05) is 0 Å². The molecule has 1 N–H and O–H groups in total. The highest BCUT2D eigenvalue weighted by molar-refractivity contribution is 6.32.